The standard InChI is InChI=1S/C24H27ClN2O5.C19H19ClN2O2.C13H9BrClNO2.CH4.H3IP2.Y/c1-22(2,3)32-21(28)27-13-14-10-16(27)11-24(14,29)17-6-5-7-18-20(17)31-23(4,30-18)19-9-8-15(25)12-26-19;1-19(17-6-5-12(20)10-22-17)23-16-4-2-3-14(18(16)24-19)15-8-13-7-11(15)9-21-13;1-13(11-6-5-8(15)7-16-11)17-10-4-2-3-9(14)12(10)18-13;;1-3-2;/h5-9,12,14,16,29H,10-11,13H2,1-4H3;2-6,10-11,13,15,21H,7-9H2,1H3;2-7H,1H3;1H4;3H,2H2;/t14?,16?,23-,24?;11?,13?,15?,19-;13-;;;/m111.../s1. The zero-order valence-electron chi connectivity index (χ0n) is 43.6. The molecule has 417 valence electrons. The Labute approximate surface area is 527 Å². The van der Waals surface area contributed by atoms with Crippen LogP contribution in [-0.2, 0) is 60.4 Å². The van der Waals surface area contributed by atoms with E-state index >= 15 is 0 Å². The molecular weight excluding hydrogens is 1360 g/mol. The summed E-state index contributed by atoms with van der Waals surface area (Å²) in [5.74, 6) is 3.31. The Hall–Kier alpha value is -2.86. The smallest absolute Gasteiger partial charge is 0.410 e. The summed E-state index contributed by atoms with van der Waals surface area (Å²) in [5, 5.41) is 17.1. The van der Waals surface area contributed by atoms with Gasteiger partial charge < -0.3 is 48.5 Å². The molecule has 0 spiro atoms. The third kappa shape index (κ3) is 13.0. The Morgan fingerprint density at radius 2 is 1.23 bits per heavy atom. The molecule has 2 saturated heterocycles. The number of nitrogens with zero attached hydrogens (tertiary/aromatic N) is 4. The van der Waals surface area contributed by atoms with Crippen molar-refractivity contribution < 1.29 is 75.8 Å². The van der Waals surface area contributed by atoms with Crippen LogP contribution in [0.5, 0.6) is 34.5 Å². The molecule has 3 aromatic heterocycles. The molecule has 1 amide bonds. The van der Waals surface area contributed by atoms with Gasteiger partial charge in [0.05, 0.1) is 25.1 Å². The minimum atomic E-state index is -1.13. The van der Waals surface area contributed by atoms with E-state index in [0.29, 0.717) is 85.9 Å². The third-order valence-electron chi connectivity index (χ3n) is 14.8. The topological polar surface area (TPSA) is 156 Å². The van der Waals surface area contributed by atoms with Crippen LogP contribution in [0.1, 0.15) is 109 Å². The van der Waals surface area contributed by atoms with Crippen LogP contribution in [-0.4, -0.2) is 61.8 Å². The van der Waals surface area contributed by atoms with Crippen molar-refractivity contribution in [2.45, 2.75) is 121 Å². The molecule has 5 aliphatic heterocycles. The largest absolute Gasteiger partial charge is 0.444 e. The van der Waals surface area contributed by atoms with Crippen LogP contribution < -0.4 is 33.7 Å². The van der Waals surface area contributed by atoms with Gasteiger partial charge in [-0.3, -0.25) is 15.0 Å². The molecule has 79 heavy (non-hydrogen) atoms. The maximum atomic E-state index is 12.6. The number of hydrogen-bond donors (Lipinski definition) is 2. The number of rotatable bonds is 5. The van der Waals surface area contributed by atoms with Crippen molar-refractivity contribution in [3.63, 3.8) is 0 Å². The van der Waals surface area contributed by atoms with Crippen molar-refractivity contribution in [3.05, 3.63) is 157 Å². The van der Waals surface area contributed by atoms with E-state index in [2.05, 4.69) is 79.3 Å². The summed E-state index contributed by atoms with van der Waals surface area (Å²) in [4.78, 5) is 27.3. The molecule has 2 N–H and O–H groups in total. The summed E-state index contributed by atoms with van der Waals surface area (Å²) in [6.07, 6.45) is 8.01. The summed E-state index contributed by atoms with van der Waals surface area (Å²) >= 11 is 23.5. The number of carbonyl (C=O) groups excluding carboxylic acids is 1. The fraction of sp³-hybridized carbons (Fsp3) is 0.404. The van der Waals surface area contributed by atoms with Gasteiger partial charge in [0.1, 0.15) is 22.7 Å². The summed E-state index contributed by atoms with van der Waals surface area (Å²) in [6.45, 7) is 12.6. The number of halogens is 5. The first-order chi connectivity index (χ1) is 36.6. The van der Waals surface area contributed by atoms with Crippen molar-refractivity contribution in [1.29, 1.82) is 0 Å². The van der Waals surface area contributed by atoms with Crippen LogP contribution in [0.15, 0.2) is 114 Å². The van der Waals surface area contributed by atoms with Gasteiger partial charge in [0.2, 0.25) is 0 Å². The minimum absolute atomic E-state index is 0. The van der Waals surface area contributed by atoms with E-state index in [0.717, 1.165) is 40.5 Å². The number of amides is 1. The number of likely N-dealkylation sites (tertiary alicyclic amines) is 1. The van der Waals surface area contributed by atoms with Crippen molar-refractivity contribution in [1.82, 2.24) is 25.2 Å². The van der Waals surface area contributed by atoms with E-state index in [4.69, 9.17) is 68.0 Å². The Morgan fingerprint density at radius 3 is 1.67 bits per heavy atom. The molecule has 8 heterocycles. The van der Waals surface area contributed by atoms with Crippen LogP contribution in [0.4, 0.5) is 4.79 Å². The number of piperidine rings is 2. The fourth-order valence-corrected chi connectivity index (χ4v) is 12.1. The van der Waals surface area contributed by atoms with E-state index in [1.807, 2.05) is 89.2 Å². The Bertz CT molecular complexity index is 3160. The number of pyridine rings is 3. The average Bonchev–Trinajstić information content (AvgIpc) is 4.31. The van der Waals surface area contributed by atoms with E-state index in [-0.39, 0.29) is 58.2 Å². The molecule has 13 rings (SSSR count). The van der Waals surface area contributed by atoms with Crippen molar-refractivity contribution in [2.24, 2.45) is 11.8 Å². The molecule has 14 nitrogen and oxygen atoms in total. The molecule has 7 aliphatic rings. The molecule has 4 fully saturated rings. The second-order valence-electron chi connectivity index (χ2n) is 21.3. The van der Waals surface area contributed by atoms with Gasteiger partial charge in [0.25, 0.3) is 17.4 Å². The zero-order chi connectivity index (χ0) is 54.7. The van der Waals surface area contributed by atoms with E-state index in [1.165, 1.54) is 18.4 Å². The molecule has 4 bridgehead atoms. The van der Waals surface area contributed by atoms with Gasteiger partial charge in [-0.25, -0.2) is 4.79 Å². The van der Waals surface area contributed by atoms with Crippen LogP contribution in [0, 0.1) is 11.8 Å². The van der Waals surface area contributed by atoms with E-state index < -0.39 is 28.6 Å². The van der Waals surface area contributed by atoms with Crippen molar-refractivity contribution in [2.75, 3.05) is 13.1 Å². The van der Waals surface area contributed by atoms with Gasteiger partial charge in [-0.05, 0) is 141 Å². The summed E-state index contributed by atoms with van der Waals surface area (Å²) in [7, 11) is 2.59. The number of fused-ring (bicyclic) bond motifs is 7. The summed E-state index contributed by atoms with van der Waals surface area (Å²) < 4.78 is 43.0. The Balaban J connectivity index is 0.000000156. The Morgan fingerprint density at radius 1 is 0.747 bits per heavy atom. The maximum Gasteiger partial charge on any atom is 0.410 e. The Kier molecular flexibility index (Phi) is 19.5. The fourth-order valence-electron chi connectivity index (χ4n) is 11.3. The molecule has 22 heteroatoms. The van der Waals surface area contributed by atoms with Gasteiger partial charge in [-0.2, -0.15) is 0 Å². The normalized spacial score (nSPS) is 27.7. The number of aromatic nitrogens is 3. The molecule has 11 atom stereocenters. The van der Waals surface area contributed by atoms with Crippen molar-refractivity contribution >= 4 is 93.7 Å². The predicted octanol–water partition coefficient (Wildman–Crippen LogP) is 15.0. The van der Waals surface area contributed by atoms with Crippen molar-refractivity contribution in [3.8, 4) is 34.5 Å². The second-order valence-corrected chi connectivity index (χ2v) is 30.0. The van der Waals surface area contributed by atoms with E-state index in [1.54, 1.807) is 54.7 Å². The number of para-hydroxylation sites is 3. The summed E-state index contributed by atoms with van der Waals surface area (Å²) in [5.41, 5.74) is 2.28. The SMILES string of the molecule is C.CC(C)(C)OC(=O)N1CC2CC1CC2(O)c1cccc2c1O[C@](C)(c1ccc(Cl)cn1)O2.C[C@@]1(c2ccc(Cl)cn2)Oc2cccc(Br)c2O1.C[C@@]1(c2ccc(Cl)cn2)Oc2cccc(C3CC4CC3CN4)c2O1.PPI.[Y]. The first kappa shape index (κ1) is 62.2. The molecule has 6 aromatic rings. The number of aliphatic hydroxyl groups is 1. The van der Waals surface area contributed by atoms with E-state index in [9.17, 15) is 9.90 Å². The second kappa shape index (κ2) is 24.8. The van der Waals surface area contributed by atoms with Gasteiger partial charge in [0.15, 0.2) is 34.5 Å². The monoisotopic (exact) mass is 1420 g/mol. The molecule has 8 unspecified atom stereocenters. The summed E-state index contributed by atoms with van der Waals surface area (Å²) in [6, 6.07) is 28.8. The number of carbonyl (C=O) groups is 1. The van der Waals surface area contributed by atoms with Crippen LogP contribution in [0.3, 0.4) is 0 Å². The molecule has 3 aromatic carbocycles. The minimum Gasteiger partial charge on any atom is -0.444 e. The molecule has 1 radical (unpaired) electrons. The first-order valence-corrected chi connectivity index (χ1v) is 33.0. The average molecular weight is 1430 g/mol. The first-order valence-electron chi connectivity index (χ1n) is 25.2. The maximum absolute atomic E-state index is 12.6. The van der Waals surface area contributed by atoms with Crippen LogP contribution in [0.2, 0.25) is 15.1 Å². The number of benzene rings is 3. The van der Waals surface area contributed by atoms with Crippen LogP contribution in [0.25, 0.3) is 0 Å². The predicted molar refractivity (Wildman–Crippen MR) is 320 cm³/mol. The molecule has 2 aliphatic carbocycles. The quantitative estimate of drug-likeness (QED) is 0.124. The van der Waals surface area contributed by atoms with Crippen LogP contribution >= 0.6 is 87.6 Å². The number of ether oxygens (including phenoxy) is 7. The molecule has 2 saturated carbocycles. The molecular formula is C57H62BrCl3IN5O9P2Y. The number of hydrogen-bond acceptors (Lipinski definition) is 13. The zero-order valence-corrected chi connectivity index (χ0v) is 54.6. The number of nitrogens with one attached hydrogen (secondary N) is 1. The van der Waals surface area contributed by atoms with Gasteiger partial charge in [0, 0.05) is 114 Å². The van der Waals surface area contributed by atoms with Gasteiger partial charge >= 0.3 is 6.09 Å². The van der Waals surface area contributed by atoms with Gasteiger partial charge in [-0.15, -0.1) is 8.93 Å². The third-order valence-corrected chi connectivity index (χ3v) is 16.1. The van der Waals surface area contributed by atoms with Gasteiger partial charge in [-0.1, -0.05) is 94.6 Å².